The zero-order valence-corrected chi connectivity index (χ0v) is 32.3. The Morgan fingerprint density at radius 2 is 1.05 bits per heavy atom. The van der Waals surface area contributed by atoms with Gasteiger partial charge < -0.3 is 90.4 Å². The Morgan fingerprint density at radius 3 is 1.66 bits per heavy atom. The lowest BCUT2D eigenvalue weighted by Gasteiger charge is -2.39. The highest BCUT2D eigenvalue weighted by Gasteiger charge is 2.46. The molecule has 2 aliphatic rings. The average Bonchev–Trinajstić information content (AvgIpc) is 3.24. The third kappa shape index (κ3) is 7.28. The Labute approximate surface area is 358 Å². The van der Waals surface area contributed by atoms with Gasteiger partial charge in [0, 0.05) is 46.9 Å². The maximum atomic E-state index is 13.7. The molecule has 6 aromatic rings. The molecule has 0 saturated heterocycles. The van der Waals surface area contributed by atoms with Crippen LogP contribution in [0.5, 0.6) is 92.0 Å². The van der Waals surface area contributed by atoms with Crippen LogP contribution in [-0.2, 0) is 11.2 Å². The maximum Gasteiger partial charge on any atom is 0.343 e. The van der Waals surface area contributed by atoms with Crippen LogP contribution < -0.4 is 14.2 Å². The highest BCUT2D eigenvalue weighted by atomic mass is 16.6. The topological polar surface area (TPSA) is 354 Å². The van der Waals surface area contributed by atoms with E-state index in [4.69, 9.17) is 18.9 Å². The van der Waals surface area contributed by atoms with E-state index in [9.17, 15) is 81.1 Å². The lowest BCUT2D eigenvalue weighted by atomic mass is 9.77. The molecule has 0 saturated carbocycles. The van der Waals surface area contributed by atoms with Gasteiger partial charge in [-0.3, -0.25) is 0 Å². The molecule has 20 nitrogen and oxygen atoms in total. The number of carbonyl (C=O) groups is 2. The first-order valence-electron chi connectivity index (χ1n) is 18.7. The molecular formula is C44H34O20. The van der Waals surface area contributed by atoms with Gasteiger partial charge >= 0.3 is 11.9 Å². The number of phenolic OH excluding ortho intramolecular Hbond substituents is 13. The second kappa shape index (κ2) is 15.6. The van der Waals surface area contributed by atoms with Crippen molar-refractivity contribution < 1.29 is 100 Å². The number of fused-ring (bicyclic) bond motifs is 2. The van der Waals surface area contributed by atoms with E-state index in [0.717, 1.165) is 54.6 Å². The molecule has 5 atom stereocenters. The van der Waals surface area contributed by atoms with Gasteiger partial charge in [0.15, 0.2) is 58.2 Å². The number of esters is 2. The van der Waals surface area contributed by atoms with Crippen molar-refractivity contribution in [1.82, 2.24) is 0 Å². The number of rotatable bonds is 7. The van der Waals surface area contributed by atoms with Gasteiger partial charge in [-0.1, -0.05) is 12.1 Å². The number of hydrogen-bond donors (Lipinski definition) is 14. The van der Waals surface area contributed by atoms with Gasteiger partial charge in [0.25, 0.3) is 0 Å². The highest BCUT2D eigenvalue weighted by Crippen LogP contribution is 2.57. The molecule has 0 radical (unpaired) electrons. The van der Waals surface area contributed by atoms with Gasteiger partial charge in [0.05, 0.1) is 17.0 Å². The van der Waals surface area contributed by atoms with E-state index in [1.165, 1.54) is 24.3 Å². The van der Waals surface area contributed by atoms with Crippen LogP contribution in [0.3, 0.4) is 0 Å². The molecule has 2 heterocycles. The van der Waals surface area contributed by atoms with Crippen LogP contribution in [0.15, 0.2) is 78.9 Å². The van der Waals surface area contributed by atoms with E-state index in [-0.39, 0.29) is 33.9 Å². The molecule has 330 valence electrons. The zero-order valence-electron chi connectivity index (χ0n) is 32.3. The first-order chi connectivity index (χ1) is 30.3. The Hall–Kier alpha value is -8.78. The summed E-state index contributed by atoms with van der Waals surface area (Å²) in [5.41, 5.74) is -1.68. The van der Waals surface area contributed by atoms with Crippen molar-refractivity contribution in [1.29, 1.82) is 0 Å². The SMILES string of the molecule is O=C(Oc1cc([C@@H]2Oc3cc(O)c([C@H]4c5c(O)cc(O)cc5O[C@H](c5ccc(O)cc5)[C@@H]4O)c(O)c3C[C@H]2OC(=O)c2cc(O)c(O)c(O)c2)cc(O)c1O)c1cc(O)c(O)c(O)c1. The van der Waals surface area contributed by atoms with Crippen molar-refractivity contribution in [2.45, 2.75) is 36.8 Å². The monoisotopic (exact) mass is 882 g/mol. The van der Waals surface area contributed by atoms with E-state index < -0.39 is 140 Å². The van der Waals surface area contributed by atoms with Crippen molar-refractivity contribution in [3.05, 3.63) is 118 Å². The number of ether oxygens (including phenoxy) is 4. The third-order valence-electron chi connectivity index (χ3n) is 10.7. The summed E-state index contributed by atoms with van der Waals surface area (Å²) in [5.74, 6) is -15.4. The molecule has 8 rings (SSSR count). The molecule has 20 heteroatoms. The van der Waals surface area contributed by atoms with Crippen molar-refractivity contribution in [3.63, 3.8) is 0 Å². The fourth-order valence-corrected chi connectivity index (χ4v) is 7.67. The zero-order chi connectivity index (χ0) is 46.0. The standard InChI is InChI=1S/C44H34O20/c45-19-3-1-15(2-4-19)42-40(58)35(33-22(47)11-20(46)12-30(33)62-42)34-23(48)14-29-21(36(34)54)13-32(64-44(60)18-8-26(51)38(56)27(52)9-18)41(61-29)16-5-28(53)39(57)31(10-16)63-43(59)17-6-24(49)37(55)25(50)7-17/h1-12,14,32,35,40-42,45-58H,13H2/t32-,35-,40-,41+,42-/m1/s1. The largest absolute Gasteiger partial charge is 0.508 e. The summed E-state index contributed by atoms with van der Waals surface area (Å²) in [6, 6.07) is 13.5. The Balaban J connectivity index is 1.23. The summed E-state index contributed by atoms with van der Waals surface area (Å²) in [6.45, 7) is 0. The van der Waals surface area contributed by atoms with Gasteiger partial charge in [0.1, 0.15) is 52.5 Å². The van der Waals surface area contributed by atoms with Crippen LogP contribution in [0, 0.1) is 0 Å². The fourth-order valence-electron chi connectivity index (χ4n) is 7.67. The molecular weight excluding hydrogens is 848 g/mol. The predicted octanol–water partition coefficient (Wildman–Crippen LogP) is 4.61. The van der Waals surface area contributed by atoms with E-state index in [1.54, 1.807) is 0 Å². The summed E-state index contributed by atoms with van der Waals surface area (Å²) in [7, 11) is 0. The minimum absolute atomic E-state index is 0.116. The van der Waals surface area contributed by atoms with Crippen LogP contribution in [0.2, 0.25) is 0 Å². The lowest BCUT2D eigenvalue weighted by molar-refractivity contribution is -0.0191. The number of aliphatic hydroxyl groups excluding tert-OH is 1. The number of benzene rings is 6. The Morgan fingerprint density at radius 1 is 0.500 bits per heavy atom. The van der Waals surface area contributed by atoms with Crippen LogP contribution in [0.25, 0.3) is 0 Å². The van der Waals surface area contributed by atoms with Crippen molar-refractivity contribution >= 4 is 11.9 Å². The van der Waals surface area contributed by atoms with Gasteiger partial charge in [-0.05, 0) is 54.1 Å². The summed E-state index contributed by atoms with van der Waals surface area (Å²) in [4.78, 5) is 26.7. The normalized spacial score (nSPS) is 18.7. The minimum atomic E-state index is -1.71. The predicted molar refractivity (Wildman–Crippen MR) is 213 cm³/mol. The van der Waals surface area contributed by atoms with Crippen molar-refractivity contribution in [3.8, 4) is 92.0 Å². The van der Waals surface area contributed by atoms with Gasteiger partial charge in [-0.15, -0.1) is 0 Å². The highest BCUT2D eigenvalue weighted by molar-refractivity contribution is 5.93. The summed E-state index contributed by atoms with van der Waals surface area (Å²) < 4.78 is 23.2. The van der Waals surface area contributed by atoms with Gasteiger partial charge in [-0.25, -0.2) is 9.59 Å². The lowest BCUT2D eigenvalue weighted by Crippen LogP contribution is -2.36. The van der Waals surface area contributed by atoms with Crippen molar-refractivity contribution in [2.24, 2.45) is 0 Å². The molecule has 64 heavy (non-hydrogen) atoms. The quantitative estimate of drug-likeness (QED) is 0.0591. The maximum absolute atomic E-state index is 13.7. The van der Waals surface area contributed by atoms with E-state index in [0.29, 0.717) is 5.56 Å². The minimum Gasteiger partial charge on any atom is -0.508 e. The van der Waals surface area contributed by atoms with Gasteiger partial charge in [-0.2, -0.15) is 0 Å². The number of carbonyl (C=O) groups excluding carboxylic acids is 2. The number of phenols is 13. The van der Waals surface area contributed by atoms with E-state index in [1.807, 2.05) is 0 Å². The first kappa shape index (κ1) is 41.9. The van der Waals surface area contributed by atoms with E-state index >= 15 is 0 Å². The average molecular weight is 883 g/mol. The molecule has 0 amide bonds. The number of aliphatic hydroxyl groups is 1. The summed E-state index contributed by atoms with van der Waals surface area (Å²) in [6.07, 6.45) is -6.77. The fraction of sp³-hybridized carbons (Fsp3) is 0.136. The molecule has 2 aliphatic heterocycles. The van der Waals surface area contributed by atoms with Crippen molar-refractivity contribution in [2.75, 3.05) is 0 Å². The molecule has 0 spiro atoms. The third-order valence-corrected chi connectivity index (χ3v) is 10.7. The summed E-state index contributed by atoms with van der Waals surface area (Å²) >= 11 is 0. The Bertz CT molecular complexity index is 2850. The second-order valence-electron chi connectivity index (χ2n) is 14.8. The van der Waals surface area contributed by atoms with E-state index in [2.05, 4.69) is 0 Å². The van der Waals surface area contributed by atoms with Gasteiger partial charge in [0.2, 0.25) is 5.75 Å². The second-order valence-corrected chi connectivity index (χ2v) is 14.8. The Kier molecular flexibility index (Phi) is 10.2. The van der Waals surface area contributed by atoms with Crippen LogP contribution in [-0.4, -0.2) is 95.6 Å². The molecule has 0 aliphatic carbocycles. The summed E-state index contributed by atoms with van der Waals surface area (Å²) in [5, 5.41) is 148. The number of aromatic hydroxyl groups is 13. The molecule has 0 aromatic heterocycles. The van der Waals surface area contributed by atoms with Crippen LogP contribution in [0.1, 0.15) is 66.7 Å². The molecule has 0 fully saturated rings. The number of hydrogen-bond acceptors (Lipinski definition) is 20. The smallest absolute Gasteiger partial charge is 0.343 e. The molecule has 14 N–H and O–H groups in total. The molecule has 0 unspecified atom stereocenters. The molecule has 0 bridgehead atoms. The van der Waals surface area contributed by atoms with Crippen LogP contribution >= 0.6 is 0 Å². The van der Waals surface area contributed by atoms with Crippen LogP contribution in [0.4, 0.5) is 0 Å². The molecule has 6 aromatic carbocycles. The first-order valence-corrected chi connectivity index (χ1v) is 18.7.